The van der Waals surface area contributed by atoms with Crippen LogP contribution in [0.4, 0.5) is 5.69 Å². The van der Waals surface area contributed by atoms with Crippen molar-refractivity contribution in [1.82, 2.24) is 9.97 Å². The first-order valence-corrected chi connectivity index (χ1v) is 12.0. The summed E-state index contributed by atoms with van der Waals surface area (Å²) in [6.45, 7) is 8.16. The highest BCUT2D eigenvalue weighted by Gasteiger charge is 2.40. The van der Waals surface area contributed by atoms with Gasteiger partial charge in [0, 0.05) is 41.7 Å². The molecule has 2 aliphatic heterocycles. The topological polar surface area (TPSA) is 49.0 Å². The van der Waals surface area contributed by atoms with Crippen molar-refractivity contribution in [2.24, 2.45) is 10.8 Å². The van der Waals surface area contributed by atoms with E-state index in [0.717, 1.165) is 35.4 Å². The molecule has 0 saturated carbocycles. The zero-order valence-corrected chi connectivity index (χ0v) is 18.8. The molecule has 0 aliphatic carbocycles. The Kier molecular flexibility index (Phi) is 4.69. The molecule has 0 amide bonds. The van der Waals surface area contributed by atoms with E-state index in [0.29, 0.717) is 11.0 Å². The lowest BCUT2D eigenvalue weighted by atomic mass is 9.87. The normalized spacial score (nSPS) is 21.8. The Balaban J connectivity index is 1.47. The number of H-pyrrole nitrogens is 1. The molecule has 2 aliphatic rings. The minimum absolute atomic E-state index is 0.115. The lowest BCUT2D eigenvalue weighted by Crippen LogP contribution is -2.26. The highest BCUT2D eigenvalue weighted by Crippen LogP contribution is 2.44. The van der Waals surface area contributed by atoms with E-state index in [-0.39, 0.29) is 5.78 Å². The molecule has 4 heterocycles. The van der Waals surface area contributed by atoms with Crippen LogP contribution in [0.1, 0.15) is 44.0 Å². The molecule has 3 aromatic rings. The van der Waals surface area contributed by atoms with E-state index in [1.807, 2.05) is 32.9 Å². The third kappa shape index (κ3) is 3.43. The van der Waals surface area contributed by atoms with Gasteiger partial charge in [0.1, 0.15) is 0 Å². The maximum Gasteiger partial charge on any atom is 0.171 e. The van der Waals surface area contributed by atoms with Crippen molar-refractivity contribution in [2.45, 2.75) is 33.6 Å². The van der Waals surface area contributed by atoms with E-state index in [2.05, 4.69) is 45.9 Å². The summed E-state index contributed by atoms with van der Waals surface area (Å²) in [6.07, 6.45) is 4.45. The van der Waals surface area contributed by atoms with Crippen molar-refractivity contribution in [3.8, 4) is 11.3 Å². The second-order valence-electron chi connectivity index (χ2n) is 9.90. The molecule has 0 bridgehead atoms. The fraction of sp³-hybridized carbons (Fsp3) is 0.440. The first-order chi connectivity index (χ1) is 14.3. The first-order valence-electron chi connectivity index (χ1n) is 10.8. The van der Waals surface area contributed by atoms with Gasteiger partial charge < -0.3 is 9.88 Å². The van der Waals surface area contributed by atoms with Crippen LogP contribution in [0.15, 0.2) is 42.6 Å². The number of thioether (sulfide) groups is 1. The number of nitrogens with one attached hydrogen (secondary N) is 1. The van der Waals surface area contributed by atoms with E-state index < -0.39 is 5.41 Å². The second kappa shape index (κ2) is 7.16. The van der Waals surface area contributed by atoms with Gasteiger partial charge in [0.15, 0.2) is 5.78 Å². The van der Waals surface area contributed by atoms with E-state index >= 15 is 0 Å². The fourth-order valence-electron chi connectivity index (χ4n) is 4.73. The van der Waals surface area contributed by atoms with E-state index in [1.165, 1.54) is 30.0 Å². The molecule has 2 aromatic heterocycles. The van der Waals surface area contributed by atoms with Crippen LogP contribution in [0.2, 0.25) is 0 Å². The number of pyridine rings is 1. The van der Waals surface area contributed by atoms with Gasteiger partial charge in [0.25, 0.3) is 0 Å². The van der Waals surface area contributed by atoms with E-state index in [9.17, 15) is 4.79 Å². The predicted molar refractivity (Wildman–Crippen MR) is 127 cm³/mol. The molecule has 1 aromatic carbocycles. The van der Waals surface area contributed by atoms with Crippen molar-refractivity contribution in [3.05, 3.63) is 48.2 Å². The van der Waals surface area contributed by atoms with E-state index in [1.54, 1.807) is 6.20 Å². The maximum atomic E-state index is 12.9. The number of hydrogen-bond acceptors (Lipinski definition) is 4. The molecular formula is C25H29N3OS. The summed E-state index contributed by atoms with van der Waals surface area (Å²) in [6, 6.07) is 12.8. The summed E-state index contributed by atoms with van der Waals surface area (Å²) in [7, 11) is 0. The van der Waals surface area contributed by atoms with Crippen LogP contribution in [0.25, 0.3) is 22.3 Å². The highest BCUT2D eigenvalue weighted by atomic mass is 32.2. The number of benzene rings is 1. The summed E-state index contributed by atoms with van der Waals surface area (Å²) in [5.74, 6) is 2.73. The van der Waals surface area contributed by atoms with Crippen molar-refractivity contribution < 1.29 is 4.79 Å². The van der Waals surface area contributed by atoms with Gasteiger partial charge in [-0.3, -0.25) is 4.79 Å². The third-order valence-electron chi connectivity index (χ3n) is 6.58. The fourth-order valence-corrected chi connectivity index (χ4v) is 6.26. The van der Waals surface area contributed by atoms with Crippen molar-refractivity contribution >= 4 is 34.3 Å². The standard InChI is InChI=1S/C25H29N3OS/c1-24(2,3)23(29)19-14-26-21-8-7-20(27-22(19)21)17-5-4-6-18(13-17)28-11-9-25(15-28)10-12-30-16-25/h4-8,13-14,26H,9-12,15-16H2,1-3H3. The number of carbonyl (C=O) groups excluding carboxylic acids is 1. The Morgan fingerprint density at radius 1 is 1.20 bits per heavy atom. The second-order valence-corrected chi connectivity index (χ2v) is 11.0. The van der Waals surface area contributed by atoms with Crippen LogP contribution in [0.5, 0.6) is 0 Å². The largest absolute Gasteiger partial charge is 0.371 e. The van der Waals surface area contributed by atoms with Crippen molar-refractivity contribution in [2.75, 3.05) is 29.5 Å². The first kappa shape index (κ1) is 19.7. The van der Waals surface area contributed by atoms with Gasteiger partial charge in [0.2, 0.25) is 0 Å². The smallest absolute Gasteiger partial charge is 0.171 e. The summed E-state index contributed by atoms with van der Waals surface area (Å²) in [5, 5.41) is 0. The molecule has 5 rings (SSSR count). The monoisotopic (exact) mass is 419 g/mol. The van der Waals surface area contributed by atoms with E-state index in [4.69, 9.17) is 4.98 Å². The molecule has 156 valence electrons. The molecule has 2 fully saturated rings. The average Bonchev–Trinajstić information content (AvgIpc) is 3.47. The minimum atomic E-state index is -0.434. The summed E-state index contributed by atoms with van der Waals surface area (Å²) >= 11 is 2.11. The van der Waals surface area contributed by atoms with Crippen molar-refractivity contribution in [3.63, 3.8) is 0 Å². The number of ketones is 1. The molecule has 2 saturated heterocycles. The number of rotatable bonds is 3. The molecule has 1 atom stereocenters. The Labute approximate surface area is 182 Å². The van der Waals surface area contributed by atoms with Gasteiger partial charge in [-0.15, -0.1) is 0 Å². The van der Waals surface area contributed by atoms with Crippen LogP contribution in [0, 0.1) is 10.8 Å². The highest BCUT2D eigenvalue weighted by molar-refractivity contribution is 7.99. The number of carbonyl (C=O) groups is 1. The number of anilines is 1. The summed E-state index contributed by atoms with van der Waals surface area (Å²) in [4.78, 5) is 23.5. The number of fused-ring (bicyclic) bond motifs is 1. The summed E-state index contributed by atoms with van der Waals surface area (Å²) < 4.78 is 0. The van der Waals surface area contributed by atoms with Crippen LogP contribution < -0.4 is 4.90 Å². The Hall–Kier alpha value is -2.27. The van der Waals surface area contributed by atoms with Gasteiger partial charge in [0.05, 0.1) is 22.3 Å². The molecule has 1 unspecified atom stereocenters. The minimum Gasteiger partial charge on any atom is -0.371 e. The van der Waals surface area contributed by atoms with Gasteiger partial charge in [-0.25, -0.2) is 4.98 Å². The zero-order chi connectivity index (χ0) is 20.9. The lowest BCUT2D eigenvalue weighted by molar-refractivity contribution is 0.0860. The Morgan fingerprint density at radius 2 is 2.07 bits per heavy atom. The van der Waals surface area contributed by atoms with Gasteiger partial charge >= 0.3 is 0 Å². The van der Waals surface area contributed by atoms with Gasteiger partial charge in [-0.2, -0.15) is 11.8 Å². The molecule has 1 spiro atoms. The van der Waals surface area contributed by atoms with Crippen LogP contribution in [-0.2, 0) is 0 Å². The lowest BCUT2D eigenvalue weighted by Gasteiger charge is -2.24. The Bertz CT molecular complexity index is 1110. The average molecular weight is 420 g/mol. The SMILES string of the molecule is CC(C)(C)C(=O)c1c[nH]c2ccc(-c3cccc(N4CCC5(CCSC5)C4)c3)nc12. The van der Waals surface area contributed by atoms with Crippen LogP contribution in [-0.4, -0.2) is 40.3 Å². The molecule has 4 nitrogen and oxygen atoms in total. The summed E-state index contributed by atoms with van der Waals surface area (Å²) in [5.41, 5.74) is 5.73. The van der Waals surface area contributed by atoms with Crippen LogP contribution >= 0.6 is 11.8 Å². The number of nitrogens with zero attached hydrogens (tertiary/aromatic N) is 2. The third-order valence-corrected chi connectivity index (χ3v) is 7.89. The molecular weight excluding hydrogens is 390 g/mol. The maximum absolute atomic E-state index is 12.9. The number of Topliss-reactive ketones (excluding diaryl/α,β-unsaturated/α-hetero) is 1. The van der Waals surface area contributed by atoms with Gasteiger partial charge in [-0.05, 0) is 48.3 Å². The number of hydrogen-bond donors (Lipinski definition) is 1. The predicted octanol–water partition coefficient (Wildman–Crippen LogP) is 5.79. The van der Waals surface area contributed by atoms with Gasteiger partial charge in [-0.1, -0.05) is 32.9 Å². The molecule has 30 heavy (non-hydrogen) atoms. The molecule has 0 radical (unpaired) electrons. The Morgan fingerprint density at radius 3 is 2.83 bits per heavy atom. The molecule has 5 heteroatoms. The quantitative estimate of drug-likeness (QED) is 0.546. The van der Waals surface area contributed by atoms with Crippen molar-refractivity contribution in [1.29, 1.82) is 0 Å². The zero-order valence-electron chi connectivity index (χ0n) is 18.0. The molecule has 1 N–H and O–H groups in total. The number of aromatic amines is 1. The van der Waals surface area contributed by atoms with Crippen LogP contribution in [0.3, 0.4) is 0 Å². The number of aromatic nitrogens is 2.